The molecular weight excluding hydrogens is 294 g/mol. The highest BCUT2D eigenvalue weighted by Gasteiger charge is 2.26. The fourth-order valence-corrected chi connectivity index (χ4v) is 3.66. The molecule has 24 heavy (non-hydrogen) atoms. The predicted octanol–water partition coefficient (Wildman–Crippen LogP) is 5.61. The van der Waals surface area contributed by atoms with Crippen molar-refractivity contribution in [3.05, 3.63) is 53.6 Å². The van der Waals surface area contributed by atoms with Crippen LogP contribution in [-0.2, 0) is 0 Å². The maximum Gasteiger partial charge on any atom is 0.132 e. The molecule has 2 nitrogen and oxygen atoms in total. The molecule has 2 heteroatoms. The van der Waals surface area contributed by atoms with Crippen LogP contribution in [0.3, 0.4) is 0 Å². The van der Waals surface area contributed by atoms with Gasteiger partial charge in [0.15, 0.2) is 0 Å². The second-order valence-corrected chi connectivity index (χ2v) is 7.17. The van der Waals surface area contributed by atoms with E-state index in [1.54, 1.807) is 0 Å². The molecule has 0 amide bonds. The van der Waals surface area contributed by atoms with Gasteiger partial charge in [-0.3, -0.25) is 4.99 Å². The molecule has 0 aromatic heterocycles. The summed E-state index contributed by atoms with van der Waals surface area (Å²) < 4.78 is 0. The summed E-state index contributed by atoms with van der Waals surface area (Å²) in [5.74, 6) is 1.67. The monoisotopic (exact) mass is 321 g/mol. The van der Waals surface area contributed by atoms with E-state index in [1.165, 1.54) is 12.8 Å². The van der Waals surface area contributed by atoms with Crippen molar-refractivity contribution < 1.29 is 5.11 Å². The van der Waals surface area contributed by atoms with Gasteiger partial charge in [0.2, 0.25) is 0 Å². The Morgan fingerprint density at radius 3 is 2.54 bits per heavy atom. The first-order valence-corrected chi connectivity index (χ1v) is 8.99. The van der Waals surface area contributed by atoms with E-state index >= 15 is 0 Å². The number of benzene rings is 2. The van der Waals surface area contributed by atoms with Crippen molar-refractivity contribution in [1.82, 2.24) is 0 Å². The Morgan fingerprint density at radius 1 is 1.04 bits per heavy atom. The first-order chi connectivity index (χ1) is 11.6. The normalized spacial score (nSPS) is 24.4. The highest BCUT2D eigenvalue weighted by molar-refractivity contribution is 5.90. The molecule has 0 spiro atoms. The van der Waals surface area contributed by atoms with Crippen LogP contribution in [0, 0.1) is 18.8 Å². The molecule has 2 aromatic carbocycles. The average Bonchev–Trinajstić information content (AvgIpc) is 2.59. The van der Waals surface area contributed by atoms with E-state index in [9.17, 15) is 5.11 Å². The minimum atomic E-state index is 0.335. The minimum Gasteiger partial charge on any atom is -0.507 e. The highest BCUT2D eigenvalue weighted by atomic mass is 16.3. The van der Waals surface area contributed by atoms with E-state index in [0.717, 1.165) is 34.6 Å². The summed E-state index contributed by atoms with van der Waals surface area (Å²) >= 11 is 0. The Bertz CT molecular complexity index is 720. The molecule has 3 unspecified atom stereocenters. The molecule has 1 N–H and O–H groups in total. The molecule has 0 radical (unpaired) electrons. The van der Waals surface area contributed by atoms with E-state index in [4.69, 9.17) is 4.99 Å². The molecule has 1 fully saturated rings. The third-order valence-corrected chi connectivity index (χ3v) is 5.58. The number of aromatic hydroxyl groups is 1. The molecule has 0 aliphatic heterocycles. The molecule has 2 aromatic rings. The molecule has 0 heterocycles. The average molecular weight is 321 g/mol. The number of aryl methyl sites for hydroxylation is 1. The van der Waals surface area contributed by atoms with Crippen LogP contribution in [0.4, 0.5) is 0 Å². The molecule has 126 valence electrons. The van der Waals surface area contributed by atoms with Gasteiger partial charge < -0.3 is 5.11 Å². The van der Waals surface area contributed by atoms with Crippen molar-refractivity contribution in [1.29, 1.82) is 0 Å². The molecule has 1 aliphatic rings. The number of hydrogen-bond donors (Lipinski definition) is 1. The third kappa shape index (κ3) is 3.38. The standard InChI is InChI=1S/C22H27NO/c1-15-8-7-11-21(17(15)3)23-14-20-16(2)12-13-19(22(20)24)18-9-5-4-6-10-18/h4-6,9-10,12-15,17,21,24H,7-8,11H2,1-3H3. The third-order valence-electron chi connectivity index (χ3n) is 5.58. The second-order valence-electron chi connectivity index (χ2n) is 7.17. The van der Waals surface area contributed by atoms with Gasteiger partial charge in [-0.05, 0) is 36.3 Å². The fraction of sp³-hybridized carbons (Fsp3) is 0.409. The molecule has 3 atom stereocenters. The SMILES string of the molecule is Cc1ccc(-c2ccccc2)c(O)c1C=NC1CCCC(C)C1C. The van der Waals surface area contributed by atoms with Gasteiger partial charge in [0.05, 0.1) is 6.04 Å². The summed E-state index contributed by atoms with van der Waals surface area (Å²) in [5.41, 5.74) is 3.81. The van der Waals surface area contributed by atoms with E-state index in [-0.39, 0.29) is 0 Å². The smallest absolute Gasteiger partial charge is 0.132 e. The zero-order chi connectivity index (χ0) is 17.1. The Morgan fingerprint density at radius 2 is 1.79 bits per heavy atom. The number of phenolic OH excluding ortho intramolecular Hbond substituents is 1. The van der Waals surface area contributed by atoms with Gasteiger partial charge in [0, 0.05) is 17.3 Å². The summed E-state index contributed by atoms with van der Waals surface area (Å²) in [7, 11) is 0. The number of nitrogens with zero attached hydrogens (tertiary/aromatic N) is 1. The Labute approximate surface area is 145 Å². The predicted molar refractivity (Wildman–Crippen MR) is 102 cm³/mol. The van der Waals surface area contributed by atoms with Gasteiger partial charge in [-0.15, -0.1) is 0 Å². The van der Waals surface area contributed by atoms with Crippen molar-refractivity contribution in [3.63, 3.8) is 0 Å². The largest absolute Gasteiger partial charge is 0.507 e. The molecule has 3 rings (SSSR count). The van der Waals surface area contributed by atoms with Crippen molar-refractivity contribution >= 4 is 6.21 Å². The Kier molecular flexibility index (Phi) is 5.03. The van der Waals surface area contributed by atoms with Gasteiger partial charge in [0.1, 0.15) is 5.75 Å². The lowest BCUT2D eigenvalue weighted by Crippen LogP contribution is -2.27. The first kappa shape index (κ1) is 16.8. The van der Waals surface area contributed by atoms with Crippen molar-refractivity contribution in [2.24, 2.45) is 16.8 Å². The maximum absolute atomic E-state index is 10.8. The van der Waals surface area contributed by atoms with Gasteiger partial charge in [-0.2, -0.15) is 0 Å². The molecular formula is C22H27NO. The van der Waals surface area contributed by atoms with Crippen LogP contribution in [0.15, 0.2) is 47.5 Å². The maximum atomic E-state index is 10.8. The van der Waals surface area contributed by atoms with Crippen LogP contribution >= 0.6 is 0 Å². The lowest BCUT2D eigenvalue weighted by molar-refractivity contribution is 0.242. The highest BCUT2D eigenvalue weighted by Crippen LogP contribution is 2.34. The van der Waals surface area contributed by atoms with Crippen LogP contribution in [0.5, 0.6) is 5.75 Å². The molecule has 0 bridgehead atoms. The number of rotatable bonds is 3. The van der Waals surface area contributed by atoms with Gasteiger partial charge in [-0.1, -0.05) is 69.2 Å². The zero-order valence-electron chi connectivity index (χ0n) is 14.9. The number of phenols is 1. The van der Waals surface area contributed by atoms with Crippen LogP contribution < -0.4 is 0 Å². The van der Waals surface area contributed by atoms with E-state index < -0.39 is 0 Å². The lowest BCUT2D eigenvalue weighted by Gasteiger charge is -2.31. The Balaban J connectivity index is 1.92. The van der Waals surface area contributed by atoms with Crippen molar-refractivity contribution in [3.8, 4) is 16.9 Å². The number of aliphatic imine (C=N–C) groups is 1. The van der Waals surface area contributed by atoms with Crippen LogP contribution in [-0.4, -0.2) is 17.4 Å². The minimum absolute atomic E-state index is 0.335. The van der Waals surface area contributed by atoms with Crippen LogP contribution in [0.1, 0.15) is 44.2 Å². The molecule has 0 saturated heterocycles. The second kappa shape index (κ2) is 7.21. The Hall–Kier alpha value is -2.09. The zero-order valence-corrected chi connectivity index (χ0v) is 14.9. The summed E-state index contributed by atoms with van der Waals surface area (Å²) in [6.07, 6.45) is 5.61. The van der Waals surface area contributed by atoms with Crippen LogP contribution in [0.25, 0.3) is 11.1 Å². The molecule has 1 saturated carbocycles. The number of hydrogen-bond acceptors (Lipinski definition) is 2. The van der Waals surface area contributed by atoms with Gasteiger partial charge in [-0.25, -0.2) is 0 Å². The van der Waals surface area contributed by atoms with E-state index in [2.05, 4.69) is 19.9 Å². The van der Waals surface area contributed by atoms with Gasteiger partial charge in [0.25, 0.3) is 0 Å². The molecule has 1 aliphatic carbocycles. The first-order valence-electron chi connectivity index (χ1n) is 8.99. The topological polar surface area (TPSA) is 32.6 Å². The van der Waals surface area contributed by atoms with Crippen molar-refractivity contribution in [2.45, 2.75) is 46.1 Å². The van der Waals surface area contributed by atoms with E-state index in [1.807, 2.05) is 49.5 Å². The van der Waals surface area contributed by atoms with Crippen LogP contribution in [0.2, 0.25) is 0 Å². The fourth-order valence-electron chi connectivity index (χ4n) is 3.66. The quantitative estimate of drug-likeness (QED) is 0.732. The summed E-state index contributed by atoms with van der Waals surface area (Å²) in [6, 6.07) is 14.4. The van der Waals surface area contributed by atoms with E-state index in [0.29, 0.717) is 17.7 Å². The van der Waals surface area contributed by atoms with Crippen molar-refractivity contribution in [2.75, 3.05) is 0 Å². The summed E-state index contributed by atoms with van der Waals surface area (Å²) in [4.78, 5) is 4.86. The lowest BCUT2D eigenvalue weighted by atomic mass is 9.78. The summed E-state index contributed by atoms with van der Waals surface area (Å²) in [5, 5.41) is 10.8. The summed E-state index contributed by atoms with van der Waals surface area (Å²) in [6.45, 7) is 6.66. The van der Waals surface area contributed by atoms with Gasteiger partial charge >= 0.3 is 0 Å².